The molecule has 0 saturated carbocycles. The molecule has 1 heterocycles. The third kappa shape index (κ3) is 4.20. The first kappa shape index (κ1) is 17.2. The number of amides is 2. The lowest BCUT2D eigenvalue weighted by atomic mass is 9.97. The number of nitrogens with zero attached hydrogens (tertiary/aromatic N) is 1. The molecule has 8 heteroatoms. The van der Waals surface area contributed by atoms with Crippen molar-refractivity contribution in [1.29, 1.82) is 0 Å². The fourth-order valence-electron chi connectivity index (χ4n) is 2.56. The molecule has 2 rings (SSSR count). The van der Waals surface area contributed by atoms with E-state index in [1.54, 1.807) is 0 Å². The summed E-state index contributed by atoms with van der Waals surface area (Å²) < 4.78 is 52.0. The number of carbonyl (C=O) groups excluding carboxylic acids is 2. The first-order valence-electron chi connectivity index (χ1n) is 7.11. The third-order valence-electron chi connectivity index (χ3n) is 3.70. The normalized spacial score (nSPS) is 18.7. The van der Waals surface area contributed by atoms with Gasteiger partial charge in [0, 0.05) is 25.6 Å². The Morgan fingerprint density at radius 3 is 2.61 bits per heavy atom. The number of benzene rings is 1. The highest BCUT2D eigenvalue weighted by atomic mass is 19.4. The van der Waals surface area contributed by atoms with Crippen molar-refractivity contribution in [1.82, 2.24) is 4.90 Å². The van der Waals surface area contributed by atoms with Crippen LogP contribution in [-0.4, -0.2) is 36.0 Å². The minimum Gasteiger partial charge on any atom is -0.338 e. The first-order valence-corrected chi connectivity index (χ1v) is 7.11. The number of anilines is 1. The molecule has 23 heavy (non-hydrogen) atoms. The molecule has 1 saturated heterocycles. The molecule has 0 radical (unpaired) electrons. The zero-order chi connectivity index (χ0) is 17.2. The summed E-state index contributed by atoms with van der Waals surface area (Å²) in [7, 11) is 0. The van der Waals surface area contributed by atoms with Crippen LogP contribution in [0.3, 0.4) is 0 Å². The zero-order valence-corrected chi connectivity index (χ0v) is 12.4. The molecule has 1 unspecified atom stereocenters. The van der Waals surface area contributed by atoms with Crippen molar-refractivity contribution in [3.05, 3.63) is 29.6 Å². The monoisotopic (exact) mass is 332 g/mol. The van der Waals surface area contributed by atoms with E-state index in [2.05, 4.69) is 5.32 Å². The van der Waals surface area contributed by atoms with E-state index in [1.165, 1.54) is 13.0 Å². The second-order valence-corrected chi connectivity index (χ2v) is 5.51. The van der Waals surface area contributed by atoms with Crippen LogP contribution in [-0.2, 0) is 4.79 Å². The van der Waals surface area contributed by atoms with Gasteiger partial charge in [0.15, 0.2) is 0 Å². The van der Waals surface area contributed by atoms with Gasteiger partial charge in [-0.3, -0.25) is 9.59 Å². The molecular formula is C15H16F4N2O2. The van der Waals surface area contributed by atoms with E-state index in [9.17, 15) is 27.2 Å². The number of halogens is 4. The minimum absolute atomic E-state index is 0.00611. The smallest absolute Gasteiger partial charge is 0.338 e. The van der Waals surface area contributed by atoms with Gasteiger partial charge in [-0.25, -0.2) is 4.39 Å². The van der Waals surface area contributed by atoms with Gasteiger partial charge >= 0.3 is 6.18 Å². The van der Waals surface area contributed by atoms with Gasteiger partial charge in [-0.2, -0.15) is 13.2 Å². The summed E-state index contributed by atoms with van der Waals surface area (Å²) in [6, 6.07) is 3.33. The van der Waals surface area contributed by atoms with Crippen molar-refractivity contribution in [3.63, 3.8) is 0 Å². The Labute approximate surface area is 130 Å². The maximum atomic E-state index is 13.6. The Morgan fingerprint density at radius 2 is 2.00 bits per heavy atom. The molecule has 4 nitrogen and oxygen atoms in total. The minimum atomic E-state index is -4.34. The number of hydrogen-bond acceptors (Lipinski definition) is 2. The third-order valence-corrected chi connectivity index (χ3v) is 3.70. The van der Waals surface area contributed by atoms with Crippen LogP contribution in [0.4, 0.5) is 23.2 Å². The standard InChI is InChI=1S/C15H16F4N2O2/c1-9(22)20-13-7-10(4-5-12(13)16)14(23)21-6-2-3-11(8-21)15(17,18)19/h4-5,7,11H,2-3,6,8H2,1H3,(H,20,22). The summed E-state index contributed by atoms with van der Waals surface area (Å²) in [5.41, 5.74) is -0.134. The quantitative estimate of drug-likeness (QED) is 0.846. The predicted octanol–water partition coefficient (Wildman–Crippen LogP) is 3.20. The SMILES string of the molecule is CC(=O)Nc1cc(C(=O)N2CCCC(C(F)(F)F)C2)ccc1F. The molecule has 1 atom stereocenters. The second kappa shape index (κ2) is 6.55. The van der Waals surface area contributed by atoms with Crippen LogP contribution >= 0.6 is 0 Å². The number of nitrogens with one attached hydrogen (secondary N) is 1. The molecule has 1 aromatic carbocycles. The molecule has 1 N–H and O–H groups in total. The molecule has 0 bridgehead atoms. The predicted molar refractivity (Wildman–Crippen MR) is 75.4 cm³/mol. The van der Waals surface area contributed by atoms with Crippen molar-refractivity contribution >= 4 is 17.5 Å². The Morgan fingerprint density at radius 1 is 1.30 bits per heavy atom. The van der Waals surface area contributed by atoms with Gasteiger partial charge in [0.2, 0.25) is 5.91 Å². The summed E-state index contributed by atoms with van der Waals surface area (Å²) in [6.07, 6.45) is -4.09. The van der Waals surface area contributed by atoms with Gasteiger partial charge in [-0.15, -0.1) is 0 Å². The van der Waals surface area contributed by atoms with Crippen LogP contribution in [0.2, 0.25) is 0 Å². The summed E-state index contributed by atoms with van der Waals surface area (Å²) in [5.74, 6) is -3.38. The lowest BCUT2D eigenvalue weighted by Crippen LogP contribution is -2.44. The van der Waals surface area contributed by atoms with Crippen LogP contribution in [0.1, 0.15) is 30.1 Å². The van der Waals surface area contributed by atoms with Crippen molar-refractivity contribution in [2.24, 2.45) is 5.92 Å². The molecule has 0 aliphatic carbocycles. The van der Waals surface area contributed by atoms with Crippen molar-refractivity contribution in [3.8, 4) is 0 Å². The number of alkyl halides is 3. The van der Waals surface area contributed by atoms with Crippen LogP contribution < -0.4 is 5.32 Å². The van der Waals surface area contributed by atoms with E-state index in [0.717, 1.165) is 17.0 Å². The topological polar surface area (TPSA) is 49.4 Å². The van der Waals surface area contributed by atoms with Crippen molar-refractivity contribution < 1.29 is 27.2 Å². The molecule has 0 spiro atoms. The van der Waals surface area contributed by atoms with E-state index in [0.29, 0.717) is 0 Å². The first-order chi connectivity index (χ1) is 10.7. The van der Waals surface area contributed by atoms with Crippen LogP contribution in [0.25, 0.3) is 0 Å². The van der Waals surface area contributed by atoms with Gasteiger partial charge < -0.3 is 10.2 Å². The Hall–Kier alpha value is -2.12. The summed E-state index contributed by atoms with van der Waals surface area (Å²) in [5, 5.41) is 2.24. The fourth-order valence-corrected chi connectivity index (χ4v) is 2.56. The second-order valence-electron chi connectivity index (χ2n) is 5.51. The molecule has 1 aliphatic heterocycles. The maximum absolute atomic E-state index is 13.6. The Kier molecular flexibility index (Phi) is 4.91. The molecule has 126 valence electrons. The van der Waals surface area contributed by atoms with Gasteiger partial charge in [0.1, 0.15) is 5.82 Å². The molecule has 1 aliphatic rings. The molecule has 2 amide bonds. The molecular weight excluding hydrogens is 316 g/mol. The fraction of sp³-hybridized carbons (Fsp3) is 0.467. The maximum Gasteiger partial charge on any atom is 0.393 e. The van der Waals surface area contributed by atoms with Gasteiger partial charge in [0.05, 0.1) is 11.6 Å². The molecule has 1 aromatic rings. The van der Waals surface area contributed by atoms with Gasteiger partial charge in [-0.05, 0) is 31.0 Å². The van der Waals surface area contributed by atoms with E-state index in [4.69, 9.17) is 0 Å². The Balaban J connectivity index is 2.18. The number of piperidine rings is 1. The zero-order valence-electron chi connectivity index (χ0n) is 12.4. The highest BCUT2D eigenvalue weighted by molar-refractivity contribution is 5.97. The van der Waals surface area contributed by atoms with E-state index < -0.39 is 36.3 Å². The van der Waals surface area contributed by atoms with Crippen LogP contribution in [0.5, 0.6) is 0 Å². The van der Waals surface area contributed by atoms with E-state index >= 15 is 0 Å². The Bertz CT molecular complexity index is 616. The van der Waals surface area contributed by atoms with Gasteiger partial charge in [0.25, 0.3) is 5.91 Å². The number of carbonyl (C=O) groups is 2. The van der Waals surface area contributed by atoms with Crippen molar-refractivity contribution in [2.45, 2.75) is 25.9 Å². The largest absolute Gasteiger partial charge is 0.393 e. The number of hydrogen-bond donors (Lipinski definition) is 1. The highest BCUT2D eigenvalue weighted by Crippen LogP contribution is 2.33. The molecule has 1 fully saturated rings. The summed E-state index contributed by atoms with van der Waals surface area (Å²) >= 11 is 0. The van der Waals surface area contributed by atoms with Crippen LogP contribution in [0.15, 0.2) is 18.2 Å². The average molecular weight is 332 g/mol. The summed E-state index contributed by atoms with van der Waals surface area (Å²) in [4.78, 5) is 24.5. The van der Waals surface area contributed by atoms with Crippen LogP contribution in [0, 0.1) is 11.7 Å². The average Bonchev–Trinajstić information content (AvgIpc) is 2.47. The lowest BCUT2D eigenvalue weighted by molar-refractivity contribution is -0.184. The summed E-state index contributed by atoms with van der Waals surface area (Å²) in [6.45, 7) is 1.000. The highest BCUT2D eigenvalue weighted by Gasteiger charge is 2.42. The number of likely N-dealkylation sites (tertiary alicyclic amines) is 1. The van der Waals surface area contributed by atoms with Crippen molar-refractivity contribution in [2.75, 3.05) is 18.4 Å². The van der Waals surface area contributed by atoms with Gasteiger partial charge in [-0.1, -0.05) is 0 Å². The van der Waals surface area contributed by atoms with E-state index in [1.807, 2.05) is 0 Å². The van der Waals surface area contributed by atoms with E-state index in [-0.39, 0.29) is 30.6 Å². The number of rotatable bonds is 2. The molecule has 0 aromatic heterocycles. The lowest BCUT2D eigenvalue weighted by Gasteiger charge is -2.33.